The lowest BCUT2D eigenvalue weighted by molar-refractivity contribution is 0.177. The summed E-state index contributed by atoms with van der Waals surface area (Å²) in [4.78, 5) is 20.2. The van der Waals surface area contributed by atoms with Gasteiger partial charge in [-0.25, -0.2) is 14.5 Å². The lowest BCUT2D eigenvalue weighted by Crippen LogP contribution is -2.37. The molecule has 1 saturated heterocycles. The van der Waals surface area contributed by atoms with E-state index in [2.05, 4.69) is 21.9 Å². The summed E-state index contributed by atoms with van der Waals surface area (Å²) in [5, 5.41) is 4.22. The van der Waals surface area contributed by atoms with Crippen LogP contribution in [0.15, 0.2) is 10.3 Å². The Morgan fingerprint density at radius 3 is 2.57 bits per heavy atom. The first-order chi connectivity index (χ1) is 10.1. The Kier molecular flexibility index (Phi) is 3.95. The summed E-state index contributed by atoms with van der Waals surface area (Å²) >= 11 is 1.73. The number of thiazole rings is 1. The van der Waals surface area contributed by atoms with Gasteiger partial charge in [-0.3, -0.25) is 9.47 Å². The van der Waals surface area contributed by atoms with Crippen molar-refractivity contribution in [1.29, 1.82) is 0 Å². The first kappa shape index (κ1) is 14.5. The molecule has 0 unspecified atom stereocenters. The van der Waals surface area contributed by atoms with Crippen molar-refractivity contribution in [3.8, 4) is 0 Å². The molecule has 0 atom stereocenters. The molecule has 0 bridgehead atoms. The van der Waals surface area contributed by atoms with Crippen molar-refractivity contribution in [2.24, 2.45) is 7.05 Å². The van der Waals surface area contributed by atoms with Gasteiger partial charge in [-0.1, -0.05) is 0 Å². The van der Waals surface area contributed by atoms with Crippen molar-refractivity contribution >= 4 is 11.3 Å². The minimum Gasteiger partial charge on any atom is -0.298 e. The minimum atomic E-state index is 0.00394. The Bertz CT molecular complexity index is 678. The molecule has 1 aliphatic heterocycles. The van der Waals surface area contributed by atoms with Gasteiger partial charge in [0.1, 0.15) is 5.82 Å². The highest BCUT2D eigenvalue weighted by Gasteiger charge is 2.24. The molecule has 2 aromatic heterocycles. The maximum atomic E-state index is 12.1. The summed E-state index contributed by atoms with van der Waals surface area (Å²) in [5.41, 5.74) is 3.06. The molecule has 1 fully saturated rings. The molecular weight excluding hydrogens is 286 g/mol. The first-order valence-corrected chi connectivity index (χ1v) is 8.17. The molecule has 0 spiro atoms. The molecule has 0 radical (unpaired) electrons. The average Bonchev–Trinajstić information content (AvgIpc) is 2.96. The second-order valence-electron chi connectivity index (χ2n) is 5.69. The van der Waals surface area contributed by atoms with Gasteiger partial charge in [0.2, 0.25) is 0 Å². The summed E-state index contributed by atoms with van der Waals surface area (Å²) in [6.07, 6.45) is 2.01. The summed E-state index contributed by atoms with van der Waals surface area (Å²) in [5.74, 6) is 0.819. The molecule has 21 heavy (non-hydrogen) atoms. The van der Waals surface area contributed by atoms with Gasteiger partial charge in [-0.15, -0.1) is 11.3 Å². The highest BCUT2D eigenvalue weighted by Crippen LogP contribution is 2.24. The highest BCUT2D eigenvalue weighted by molar-refractivity contribution is 7.09. The van der Waals surface area contributed by atoms with Gasteiger partial charge < -0.3 is 0 Å². The number of hydrogen-bond acceptors (Lipinski definition) is 5. The van der Waals surface area contributed by atoms with E-state index in [9.17, 15) is 4.79 Å². The van der Waals surface area contributed by atoms with E-state index in [-0.39, 0.29) is 11.7 Å². The third-order valence-electron chi connectivity index (χ3n) is 4.26. The van der Waals surface area contributed by atoms with Crippen LogP contribution in [0.25, 0.3) is 0 Å². The fourth-order valence-corrected chi connectivity index (χ4v) is 3.86. The lowest BCUT2D eigenvalue weighted by Gasteiger charge is -2.32. The molecule has 1 aliphatic rings. The second kappa shape index (κ2) is 5.73. The number of aromatic nitrogens is 4. The van der Waals surface area contributed by atoms with E-state index in [1.165, 1.54) is 9.56 Å². The molecular formula is C14H21N5OS. The van der Waals surface area contributed by atoms with Crippen LogP contribution in [0.2, 0.25) is 0 Å². The summed E-state index contributed by atoms with van der Waals surface area (Å²) < 4.78 is 3.29. The average molecular weight is 307 g/mol. The van der Waals surface area contributed by atoms with Gasteiger partial charge in [-0.2, -0.15) is 5.10 Å². The van der Waals surface area contributed by atoms with Gasteiger partial charge >= 0.3 is 5.69 Å². The van der Waals surface area contributed by atoms with Crippen LogP contribution in [-0.2, 0) is 13.6 Å². The van der Waals surface area contributed by atoms with Crippen molar-refractivity contribution in [3.63, 3.8) is 0 Å². The van der Waals surface area contributed by atoms with Gasteiger partial charge in [-0.05, 0) is 26.7 Å². The van der Waals surface area contributed by atoms with E-state index >= 15 is 0 Å². The number of likely N-dealkylation sites (tertiary alicyclic amines) is 1. The smallest absolute Gasteiger partial charge is 0.298 e. The highest BCUT2D eigenvalue weighted by atomic mass is 32.1. The Hall–Kier alpha value is -1.47. The molecule has 3 rings (SSSR count). The van der Waals surface area contributed by atoms with Crippen molar-refractivity contribution in [1.82, 2.24) is 24.2 Å². The van der Waals surface area contributed by atoms with Gasteiger partial charge in [0, 0.05) is 37.6 Å². The molecule has 0 aliphatic carbocycles. The number of aryl methyl sites for hydroxylation is 3. The third-order valence-corrected chi connectivity index (χ3v) is 5.18. The summed E-state index contributed by atoms with van der Waals surface area (Å²) in [6, 6.07) is 0.282. The van der Waals surface area contributed by atoms with Crippen LogP contribution in [0, 0.1) is 13.8 Å². The second-order valence-corrected chi connectivity index (χ2v) is 6.63. The van der Waals surface area contributed by atoms with E-state index < -0.39 is 0 Å². The zero-order valence-corrected chi connectivity index (χ0v) is 13.6. The van der Waals surface area contributed by atoms with Gasteiger partial charge in [0.05, 0.1) is 11.2 Å². The van der Waals surface area contributed by atoms with Crippen molar-refractivity contribution in [2.45, 2.75) is 39.3 Å². The fourth-order valence-electron chi connectivity index (χ4n) is 3.04. The molecule has 114 valence electrons. The fraction of sp³-hybridized carbons (Fsp3) is 0.643. The Labute approximate surface area is 128 Å². The molecule has 7 heteroatoms. The minimum absolute atomic E-state index is 0.00394. The summed E-state index contributed by atoms with van der Waals surface area (Å²) in [7, 11) is 1.72. The van der Waals surface area contributed by atoms with Crippen LogP contribution < -0.4 is 5.69 Å². The van der Waals surface area contributed by atoms with Crippen LogP contribution >= 0.6 is 11.3 Å². The van der Waals surface area contributed by atoms with Crippen LogP contribution in [-0.4, -0.2) is 37.3 Å². The molecule has 6 nitrogen and oxygen atoms in total. The third kappa shape index (κ3) is 2.80. The van der Waals surface area contributed by atoms with Crippen LogP contribution in [0.5, 0.6) is 0 Å². The van der Waals surface area contributed by atoms with E-state index in [1.807, 2.05) is 17.0 Å². The molecule has 0 aromatic carbocycles. The van der Waals surface area contributed by atoms with E-state index in [0.29, 0.717) is 0 Å². The maximum absolute atomic E-state index is 12.1. The zero-order chi connectivity index (χ0) is 15.0. The first-order valence-electron chi connectivity index (χ1n) is 7.29. The van der Waals surface area contributed by atoms with E-state index in [4.69, 9.17) is 0 Å². The molecule has 0 saturated carbocycles. The molecule has 0 N–H and O–H groups in total. The van der Waals surface area contributed by atoms with Crippen LogP contribution in [0.1, 0.15) is 35.3 Å². The number of piperidine rings is 1. The monoisotopic (exact) mass is 307 g/mol. The van der Waals surface area contributed by atoms with Crippen molar-refractivity contribution < 1.29 is 0 Å². The standard InChI is InChI=1S/C14H21N5OS/c1-10-13(21-9-15-10)8-18-6-4-12(5-7-18)19-11(2)16-17(3)14(19)20/h9,12H,4-8H2,1-3H3. The topological polar surface area (TPSA) is 56.0 Å². The van der Waals surface area contributed by atoms with Crippen LogP contribution in [0.4, 0.5) is 0 Å². The normalized spacial score (nSPS) is 17.5. The SMILES string of the molecule is Cc1ncsc1CN1CCC(n2c(C)nn(C)c2=O)CC1. The predicted molar refractivity (Wildman–Crippen MR) is 82.6 cm³/mol. The predicted octanol–water partition coefficient (Wildman–Crippen LogP) is 1.49. The quantitative estimate of drug-likeness (QED) is 0.862. The zero-order valence-electron chi connectivity index (χ0n) is 12.7. The lowest BCUT2D eigenvalue weighted by atomic mass is 10.0. The largest absolute Gasteiger partial charge is 0.345 e. The number of hydrogen-bond donors (Lipinski definition) is 0. The Balaban J connectivity index is 1.65. The molecule has 2 aromatic rings. The summed E-state index contributed by atoms with van der Waals surface area (Å²) in [6.45, 7) is 6.99. The molecule has 0 amide bonds. The van der Waals surface area contributed by atoms with E-state index in [0.717, 1.165) is 44.0 Å². The van der Waals surface area contributed by atoms with Crippen molar-refractivity contribution in [2.75, 3.05) is 13.1 Å². The van der Waals surface area contributed by atoms with Crippen LogP contribution in [0.3, 0.4) is 0 Å². The molecule has 3 heterocycles. The maximum Gasteiger partial charge on any atom is 0.345 e. The van der Waals surface area contributed by atoms with Crippen molar-refractivity contribution in [3.05, 3.63) is 32.4 Å². The number of nitrogens with zero attached hydrogens (tertiary/aromatic N) is 5. The van der Waals surface area contributed by atoms with E-state index in [1.54, 1.807) is 18.4 Å². The van der Waals surface area contributed by atoms with Gasteiger partial charge in [0.15, 0.2) is 0 Å². The van der Waals surface area contributed by atoms with Gasteiger partial charge in [0.25, 0.3) is 0 Å². The Morgan fingerprint density at radius 2 is 2.05 bits per heavy atom. The number of rotatable bonds is 3. The Morgan fingerprint density at radius 1 is 1.33 bits per heavy atom.